The number of hydrogen-bond donors (Lipinski definition) is 2. The number of amides is 1. The Balaban J connectivity index is 1.66. The number of nitrogens with one attached hydrogen (secondary N) is 1. The minimum absolute atomic E-state index is 0.0429. The van der Waals surface area contributed by atoms with E-state index in [1.807, 2.05) is 42.5 Å². The van der Waals surface area contributed by atoms with E-state index in [1.54, 1.807) is 7.11 Å². The molecule has 0 heterocycles. The van der Waals surface area contributed by atoms with Crippen molar-refractivity contribution in [2.75, 3.05) is 14.2 Å². The molecule has 0 aromatic heterocycles. The van der Waals surface area contributed by atoms with Crippen molar-refractivity contribution in [2.24, 2.45) is 5.10 Å². The third kappa shape index (κ3) is 5.99. The van der Waals surface area contributed by atoms with Crippen molar-refractivity contribution in [3.8, 4) is 23.0 Å². The predicted octanol–water partition coefficient (Wildman–Crippen LogP) is 4.51. The summed E-state index contributed by atoms with van der Waals surface area (Å²) in [6.07, 6.45) is 1.53. The zero-order chi connectivity index (χ0) is 22.2. The molecule has 3 rings (SSSR count). The van der Waals surface area contributed by atoms with Crippen molar-refractivity contribution in [3.63, 3.8) is 0 Å². The van der Waals surface area contributed by atoms with Crippen LogP contribution in [0.4, 0.5) is 0 Å². The number of halogens is 1. The standard InChI is InChI=1S/C23H21BrN2O5/c1-29-21-10-3-15(11-17(21)14-31-19-7-5-18(24)6-8-19)13-25-26-23(28)16-4-9-20(27)22(12-16)30-2/h3-13,27H,14H2,1-2H3,(H,26,28)/b25-13-. The summed E-state index contributed by atoms with van der Waals surface area (Å²) in [5.41, 5.74) is 4.37. The molecule has 0 unspecified atom stereocenters. The molecule has 7 nitrogen and oxygen atoms in total. The Bertz CT molecular complexity index is 1080. The number of benzene rings is 3. The number of phenolic OH excluding ortho intramolecular Hbond substituents is 1. The molecular formula is C23H21BrN2O5. The Kier molecular flexibility index (Phi) is 7.50. The van der Waals surface area contributed by atoms with E-state index in [2.05, 4.69) is 26.5 Å². The average Bonchev–Trinajstić information content (AvgIpc) is 2.79. The van der Waals surface area contributed by atoms with Crippen LogP contribution < -0.4 is 19.6 Å². The maximum atomic E-state index is 12.3. The van der Waals surface area contributed by atoms with Gasteiger partial charge in [0.2, 0.25) is 0 Å². The number of hydrazone groups is 1. The number of carbonyl (C=O) groups is 1. The van der Waals surface area contributed by atoms with E-state index in [0.29, 0.717) is 17.9 Å². The maximum absolute atomic E-state index is 12.3. The molecule has 0 aliphatic heterocycles. The van der Waals surface area contributed by atoms with Gasteiger partial charge in [-0.1, -0.05) is 15.9 Å². The van der Waals surface area contributed by atoms with Gasteiger partial charge in [0.15, 0.2) is 11.5 Å². The fraction of sp³-hybridized carbons (Fsp3) is 0.130. The number of nitrogens with zero attached hydrogens (tertiary/aromatic N) is 1. The summed E-state index contributed by atoms with van der Waals surface area (Å²) in [6.45, 7) is 0.312. The number of ether oxygens (including phenoxy) is 3. The Morgan fingerprint density at radius 2 is 1.77 bits per heavy atom. The van der Waals surface area contributed by atoms with Crippen LogP contribution in [0.25, 0.3) is 0 Å². The fourth-order valence-electron chi connectivity index (χ4n) is 2.73. The molecule has 0 atom stereocenters. The van der Waals surface area contributed by atoms with Gasteiger partial charge in [-0.2, -0.15) is 5.10 Å². The third-order valence-corrected chi connectivity index (χ3v) is 4.86. The highest BCUT2D eigenvalue weighted by atomic mass is 79.9. The van der Waals surface area contributed by atoms with Crippen LogP contribution in [0.1, 0.15) is 21.5 Å². The lowest BCUT2D eigenvalue weighted by Gasteiger charge is -2.11. The maximum Gasteiger partial charge on any atom is 0.271 e. The quantitative estimate of drug-likeness (QED) is 0.362. The number of phenols is 1. The summed E-state index contributed by atoms with van der Waals surface area (Å²) in [7, 11) is 3.01. The van der Waals surface area contributed by atoms with Gasteiger partial charge in [-0.15, -0.1) is 0 Å². The molecule has 8 heteroatoms. The summed E-state index contributed by atoms with van der Waals surface area (Å²) >= 11 is 3.40. The first kappa shape index (κ1) is 22.2. The van der Waals surface area contributed by atoms with E-state index < -0.39 is 5.91 Å². The SMILES string of the molecule is COc1cc(C(=O)N/N=C\c2ccc(OC)c(COc3ccc(Br)cc3)c2)ccc1O. The smallest absolute Gasteiger partial charge is 0.271 e. The fourth-order valence-corrected chi connectivity index (χ4v) is 3.00. The molecule has 3 aromatic rings. The number of methoxy groups -OCH3 is 2. The van der Waals surface area contributed by atoms with Gasteiger partial charge in [0.25, 0.3) is 5.91 Å². The van der Waals surface area contributed by atoms with Gasteiger partial charge >= 0.3 is 0 Å². The molecule has 1 amide bonds. The van der Waals surface area contributed by atoms with Crippen LogP contribution in [0.5, 0.6) is 23.0 Å². The minimum Gasteiger partial charge on any atom is -0.504 e. The summed E-state index contributed by atoms with van der Waals surface area (Å²) in [6, 6.07) is 17.4. The van der Waals surface area contributed by atoms with Gasteiger partial charge < -0.3 is 19.3 Å². The molecule has 0 aliphatic carbocycles. The molecule has 0 aliphatic rings. The van der Waals surface area contributed by atoms with E-state index in [1.165, 1.54) is 31.5 Å². The lowest BCUT2D eigenvalue weighted by Crippen LogP contribution is -2.17. The highest BCUT2D eigenvalue weighted by Crippen LogP contribution is 2.26. The molecule has 160 valence electrons. The van der Waals surface area contributed by atoms with Crippen molar-refractivity contribution in [1.29, 1.82) is 0 Å². The number of hydrogen-bond acceptors (Lipinski definition) is 6. The minimum atomic E-state index is -0.429. The summed E-state index contributed by atoms with van der Waals surface area (Å²) in [5.74, 6) is 1.16. The van der Waals surface area contributed by atoms with E-state index in [-0.39, 0.29) is 11.5 Å². The first-order valence-corrected chi connectivity index (χ1v) is 10.0. The molecule has 0 saturated heterocycles. The van der Waals surface area contributed by atoms with Crippen molar-refractivity contribution in [1.82, 2.24) is 5.43 Å². The molecule has 31 heavy (non-hydrogen) atoms. The van der Waals surface area contributed by atoms with Crippen molar-refractivity contribution >= 4 is 28.1 Å². The van der Waals surface area contributed by atoms with E-state index in [9.17, 15) is 9.90 Å². The second kappa shape index (κ2) is 10.5. The third-order valence-electron chi connectivity index (χ3n) is 4.33. The molecule has 0 spiro atoms. The molecule has 0 fully saturated rings. The van der Waals surface area contributed by atoms with Crippen LogP contribution in [0, 0.1) is 0 Å². The van der Waals surface area contributed by atoms with Crippen molar-refractivity contribution in [2.45, 2.75) is 6.61 Å². The number of aromatic hydroxyl groups is 1. The van der Waals surface area contributed by atoms with Crippen LogP contribution in [-0.4, -0.2) is 31.4 Å². The highest BCUT2D eigenvalue weighted by molar-refractivity contribution is 9.10. The van der Waals surface area contributed by atoms with E-state index >= 15 is 0 Å². The average molecular weight is 485 g/mol. The molecule has 0 bridgehead atoms. The molecule has 3 aromatic carbocycles. The van der Waals surface area contributed by atoms with Crippen LogP contribution in [0.2, 0.25) is 0 Å². The Labute approximate surface area is 188 Å². The van der Waals surface area contributed by atoms with Crippen LogP contribution in [-0.2, 0) is 6.61 Å². The summed E-state index contributed by atoms with van der Waals surface area (Å²) < 4.78 is 17.2. The topological polar surface area (TPSA) is 89.4 Å². The zero-order valence-corrected chi connectivity index (χ0v) is 18.5. The first-order chi connectivity index (χ1) is 15.0. The van der Waals surface area contributed by atoms with Crippen molar-refractivity contribution < 1.29 is 24.1 Å². The van der Waals surface area contributed by atoms with Crippen molar-refractivity contribution in [3.05, 3.63) is 81.8 Å². The van der Waals surface area contributed by atoms with Crippen LogP contribution in [0.15, 0.2) is 70.2 Å². The highest BCUT2D eigenvalue weighted by Gasteiger charge is 2.09. The van der Waals surface area contributed by atoms with Gasteiger partial charge in [-0.3, -0.25) is 4.79 Å². The van der Waals surface area contributed by atoms with Gasteiger partial charge in [-0.25, -0.2) is 5.43 Å². The molecule has 2 N–H and O–H groups in total. The largest absolute Gasteiger partial charge is 0.504 e. The summed E-state index contributed by atoms with van der Waals surface area (Å²) in [4.78, 5) is 12.3. The first-order valence-electron chi connectivity index (χ1n) is 9.26. The monoisotopic (exact) mass is 484 g/mol. The second-order valence-corrected chi connectivity index (χ2v) is 7.32. The van der Waals surface area contributed by atoms with Crippen LogP contribution >= 0.6 is 15.9 Å². The Morgan fingerprint density at radius 1 is 1.03 bits per heavy atom. The Hall–Kier alpha value is -3.52. The lowest BCUT2D eigenvalue weighted by molar-refractivity contribution is 0.0954. The zero-order valence-electron chi connectivity index (χ0n) is 17.0. The van der Waals surface area contributed by atoms with Gasteiger partial charge in [0.05, 0.1) is 20.4 Å². The van der Waals surface area contributed by atoms with Gasteiger partial charge in [-0.05, 0) is 66.2 Å². The predicted molar refractivity (Wildman–Crippen MR) is 121 cm³/mol. The van der Waals surface area contributed by atoms with Gasteiger partial charge in [0, 0.05) is 15.6 Å². The molecule has 0 saturated carbocycles. The number of carbonyl (C=O) groups excluding carboxylic acids is 1. The molecular weight excluding hydrogens is 464 g/mol. The van der Waals surface area contributed by atoms with Crippen LogP contribution in [0.3, 0.4) is 0 Å². The lowest BCUT2D eigenvalue weighted by atomic mass is 10.1. The van der Waals surface area contributed by atoms with Gasteiger partial charge in [0.1, 0.15) is 18.1 Å². The van der Waals surface area contributed by atoms with E-state index in [4.69, 9.17) is 14.2 Å². The Morgan fingerprint density at radius 3 is 2.48 bits per heavy atom. The van der Waals surface area contributed by atoms with E-state index in [0.717, 1.165) is 21.3 Å². The summed E-state index contributed by atoms with van der Waals surface area (Å²) in [5, 5.41) is 13.6. The normalized spacial score (nSPS) is 10.7. The molecule has 0 radical (unpaired) electrons. The second-order valence-electron chi connectivity index (χ2n) is 6.40. The number of rotatable bonds is 8.